The maximum atomic E-state index is 12.2. The second kappa shape index (κ2) is 5.94. The van der Waals surface area contributed by atoms with Crippen molar-refractivity contribution in [3.05, 3.63) is 35.9 Å². The molecule has 4 nitrogen and oxygen atoms in total. The summed E-state index contributed by atoms with van der Waals surface area (Å²) in [5.41, 5.74) is 0.685. The normalized spacial score (nSPS) is 26.6. The highest BCUT2D eigenvalue weighted by atomic mass is 16.3. The van der Waals surface area contributed by atoms with Crippen LogP contribution in [0.4, 0.5) is 0 Å². The summed E-state index contributed by atoms with van der Waals surface area (Å²) < 4.78 is 0. The molecule has 20 heavy (non-hydrogen) atoms. The van der Waals surface area contributed by atoms with Gasteiger partial charge in [0.1, 0.15) is 0 Å². The lowest BCUT2D eigenvalue weighted by molar-refractivity contribution is 0.0921. The lowest BCUT2D eigenvalue weighted by Crippen LogP contribution is -2.41. The number of likely N-dealkylation sites (tertiary alicyclic amines) is 1. The van der Waals surface area contributed by atoms with E-state index in [1.807, 2.05) is 30.3 Å². The van der Waals surface area contributed by atoms with Gasteiger partial charge in [-0.25, -0.2) is 0 Å². The summed E-state index contributed by atoms with van der Waals surface area (Å²) in [5, 5.41) is 12.6. The predicted molar refractivity (Wildman–Crippen MR) is 77.4 cm³/mol. The molecule has 0 aromatic heterocycles. The Morgan fingerprint density at radius 2 is 2.00 bits per heavy atom. The van der Waals surface area contributed by atoms with Gasteiger partial charge < -0.3 is 15.3 Å². The van der Waals surface area contributed by atoms with Crippen molar-refractivity contribution in [1.82, 2.24) is 10.2 Å². The molecule has 3 rings (SSSR count). The van der Waals surface area contributed by atoms with E-state index in [1.54, 1.807) is 0 Å². The lowest BCUT2D eigenvalue weighted by Gasteiger charge is -2.18. The molecule has 1 heterocycles. The molecule has 0 radical (unpaired) electrons. The summed E-state index contributed by atoms with van der Waals surface area (Å²) in [7, 11) is 0. The van der Waals surface area contributed by atoms with Crippen LogP contribution < -0.4 is 5.32 Å². The summed E-state index contributed by atoms with van der Waals surface area (Å²) in [5.74, 6) is 0.960. The molecular weight excluding hydrogens is 252 g/mol. The smallest absolute Gasteiger partial charge is 0.251 e. The number of carbonyl (C=O) groups excluding carboxylic acids is 1. The Morgan fingerprint density at radius 1 is 1.25 bits per heavy atom. The first kappa shape index (κ1) is 13.6. The van der Waals surface area contributed by atoms with Crippen LogP contribution in [-0.2, 0) is 0 Å². The molecule has 4 heteroatoms. The first-order valence-electron chi connectivity index (χ1n) is 7.45. The number of hydrogen-bond donors (Lipinski definition) is 2. The minimum Gasteiger partial charge on any atom is -0.396 e. The number of amides is 1. The Kier molecular flexibility index (Phi) is 4.03. The number of rotatable bonds is 5. The summed E-state index contributed by atoms with van der Waals surface area (Å²) in [4.78, 5) is 14.6. The van der Waals surface area contributed by atoms with Crippen molar-refractivity contribution >= 4 is 5.91 Å². The van der Waals surface area contributed by atoms with Gasteiger partial charge in [-0.1, -0.05) is 18.2 Å². The van der Waals surface area contributed by atoms with Gasteiger partial charge in [-0.15, -0.1) is 0 Å². The fraction of sp³-hybridized carbons (Fsp3) is 0.562. The van der Waals surface area contributed by atoms with Crippen molar-refractivity contribution in [2.45, 2.75) is 18.9 Å². The van der Waals surface area contributed by atoms with Crippen LogP contribution in [0.2, 0.25) is 0 Å². The van der Waals surface area contributed by atoms with Gasteiger partial charge in [-0.3, -0.25) is 4.79 Å². The van der Waals surface area contributed by atoms with Crippen LogP contribution in [0.15, 0.2) is 30.3 Å². The van der Waals surface area contributed by atoms with Crippen LogP contribution in [0.5, 0.6) is 0 Å². The SMILES string of the molecule is O=C(N[C@@H]1CN(CC2CC2)C[C@H]1CO)c1ccccc1. The Hall–Kier alpha value is -1.39. The predicted octanol–water partition coefficient (Wildman–Crippen LogP) is 1.12. The molecule has 2 atom stereocenters. The standard InChI is InChI=1S/C16H22N2O2/c19-11-14-9-18(8-12-6-7-12)10-15(14)17-16(20)13-4-2-1-3-5-13/h1-5,12,14-15,19H,6-11H2,(H,17,20)/t14-,15+/m0/s1. The quantitative estimate of drug-likeness (QED) is 0.846. The third-order valence-electron chi connectivity index (χ3n) is 4.32. The molecule has 2 aliphatic rings. The van der Waals surface area contributed by atoms with Crippen molar-refractivity contribution in [2.24, 2.45) is 11.8 Å². The molecule has 1 saturated carbocycles. The maximum Gasteiger partial charge on any atom is 0.251 e. The van der Waals surface area contributed by atoms with Crippen LogP contribution in [0.3, 0.4) is 0 Å². The van der Waals surface area contributed by atoms with E-state index in [9.17, 15) is 9.90 Å². The van der Waals surface area contributed by atoms with Crippen molar-refractivity contribution in [3.63, 3.8) is 0 Å². The van der Waals surface area contributed by atoms with E-state index in [0.717, 1.165) is 25.6 Å². The van der Waals surface area contributed by atoms with Crippen LogP contribution in [0.25, 0.3) is 0 Å². The Morgan fingerprint density at radius 3 is 2.65 bits per heavy atom. The molecule has 2 N–H and O–H groups in total. The minimum absolute atomic E-state index is 0.0395. The van der Waals surface area contributed by atoms with Crippen molar-refractivity contribution in [1.29, 1.82) is 0 Å². The number of hydrogen-bond acceptors (Lipinski definition) is 3. The molecule has 0 spiro atoms. The highest BCUT2D eigenvalue weighted by Gasteiger charge is 2.36. The molecule has 0 unspecified atom stereocenters. The third kappa shape index (κ3) is 3.19. The molecule has 2 fully saturated rings. The van der Waals surface area contributed by atoms with Crippen molar-refractivity contribution < 1.29 is 9.90 Å². The summed E-state index contributed by atoms with van der Waals surface area (Å²) in [6.45, 7) is 3.02. The second-order valence-corrected chi connectivity index (χ2v) is 6.05. The van der Waals surface area contributed by atoms with E-state index in [2.05, 4.69) is 10.2 Å². The largest absolute Gasteiger partial charge is 0.396 e. The van der Waals surface area contributed by atoms with Crippen molar-refractivity contribution in [2.75, 3.05) is 26.2 Å². The number of benzene rings is 1. The molecule has 1 amide bonds. The molecule has 108 valence electrons. The molecule has 1 saturated heterocycles. The summed E-state index contributed by atoms with van der Waals surface area (Å²) >= 11 is 0. The molecule has 1 aromatic rings. The van der Waals surface area contributed by atoms with Crippen LogP contribution in [0.1, 0.15) is 23.2 Å². The first-order chi connectivity index (χ1) is 9.76. The summed E-state index contributed by atoms with van der Waals surface area (Å²) in [6, 6.07) is 9.34. The zero-order valence-electron chi connectivity index (χ0n) is 11.7. The van der Waals surface area contributed by atoms with Crippen LogP contribution >= 0.6 is 0 Å². The van der Waals surface area contributed by atoms with Gasteiger partial charge in [0, 0.05) is 43.8 Å². The molecule has 1 aliphatic carbocycles. The lowest BCUT2D eigenvalue weighted by atomic mass is 10.0. The van der Waals surface area contributed by atoms with E-state index in [4.69, 9.17) is 0 Å². The molecule has 1 aromatic carbocycles. The average Bonchev–Trinajstić information content (AvgIpc) is 3.20. The zero-order valence-corrected chi connectivity index (χ0v) is 11.7. The fourth-order valence-corrected chi connectivity index (χ4v) is 2.97. The highest BCUT2D eigenvalue weighted by molar-refractivity contribution is 5.94. The third-order valence-corrected chi connectivity index (χ3v) is 4.32. The number of aliphatic hydroxyl groups excluding tert-OH is 1. The topological polar surface area (TPSA) is 52.6 Å². The van der Waals surface area contributed by atoms with E-state index in [-0.39, 0.29) is 24.5 Å². The summed E-state index contributed by atoms with van der Waals surface area (Å²) in [6.07, 6.45) is 2.67. The van der Waals surface area contributed by atoms with Crippen molar-refractivity contribution in [3.8, 4) is 0 Å². The maximum absolute atomic E-state index is 12.2. The Bertz CT molecular complexity index is 459. The number of nitrogens with zero attached hydrogens (tertiary/aromatic N) is 1. The van der Waals surface area contributed by atoms with Gasteiger partial charge in [0.05, 0.1) is 0 Å². The molecule has 1 aliphatic heterocycles. The van der Waals surface area contributed by atoms with Crippen LogP contribution in [-0.4, -0.2) is 48.2 Å². The Labute approximate surface area is 119 Å². The average molecular weight is 274 g/mol. The number of aliphatic hydroxyl groups is 1. The number of nitrogens with one attached hydrogen (secondary N) is 1. The van der Waals surface area contributed by atoms with Gasteiger partial charge in [-0.2, -0.15) is 0 Å². The zero-order chi connectivity index (χ0) is 13.9. The monoisotopic (exact) mass is 274 g/mol. The molecular formula is C16H22N2O2. The van der Waals surface area contributed by atoms with Gasteiger partial charge in [0.15, 0.2) is 0 Å². The highest BCUT2D eigenvalue weighted by Crippen LogP contribution is 2.31. The van der Waals surface area contributed by atoms with E-state index < -0.39 is 0 Å². The second-order valence-electron chi connectivity index (χ2n) is 6.05. The Balaban J connectivity index is 1.59. The van der Waals surface area contributed by atoms with Gasteiger partial charge in [0.2, 0.25) is 0 Å². The minimum atomic E-state index is -0.0395. The van der Waals surface area contributed by atoms with Gasteiger partial charge in [0.25, 0.3) is 5.91 Å². The van der Waals surface area contributed by atoms with Crippen LogP contribution in [0, 0.1) is 11.8 Å². The van der Waals surface area contributed by atoms with E-state index >= 15 is 0 Å². The fourth-order valence-electron chi connectivity index (χ4n) is 2.97. The van der Waals surface area contributed by atoms with Gasteiger partial charge in [-0.05, 0) is 30.9 Å². The van der Waals surface area contributed by atoms with E-state index in [0.29, 0.717) is 5.56 Å². The number of carbonyl (C=O) groups is 1. The van der Waals surface area contributed by atoms with Gasteiger partial charge >= 0.3 is 0 Å². The first-order valence-corrected chi connectivity index (χ1v) is 7.45. The molecule has 0 bridgehead atoms. The van der Waals surface area contributed by atoms with E-state index in [1.165, 1.54) is 12.8 Å².